The lowest BCUT2D eigenvalue weighted by atomic mass is 10.1. The number of hydrogen-bond donors (Lipinski definition) is 0. The van der Waals surface area contributed by atoms with Gasteiger partial charge in [-0.1, -0.05) is 24.3 Å². The number of carbonyl (C=O) groups is 1. The maximum atomic E-state index is 14.0. The van der Waals surface area contributed by atoms with Crippen molar-refractivity contribution >= 4 is 11.6 Å². The van der Waals surface area contributed by atoms with Crippen molar-refractivity contribution in [3.63, 3.8) is 0 Å². The Balaban J connectivity index is 2.01. The normalized spacial score (nSPS) is 10.4. The van der Waals surface area contributed by atoms with Gasteiger partial charge in [-0.2, -0.15) is 0 Å². The van der Waals surface area contributed by atoms with Gasteiger partial charge in [-0.25, -0.2) is 8.78 Å². The average Bonchev–Trinajstić information content (AvgIpc) is 2.60. The number of amides is 1. The van der Waals surface area contributed by atoms with E-state index in [0.29, 0.717) is 5.69 Å². The molecule has 0 N–H and O–H groups in total. The fraction of sp³-hybridized carbons (Fsp3) is 0.0526. The van der Waals surface area contributed by atoms with Crippen LogP contribution in [0.3, 0.4) is 0 Å². The average molecular weight is 324 g/mol. The molecule has 0 aliphatic rings. The van der Waals surface area contributed by atoms with Gasteiger partial charge in [0.2, 0.25) is 0 Å². The van der Waals surface area contributed by atoms with E-state index in [2.05, 4.69) is 4.98 Å². The second-order valence-electron chi connectivity index (χ2n) is 5.21. The first-order valence-corrected chi connectivity index (χ1v) is 7.36. The fourth-order valence-electron chi connectivity index (χ4n) is 2.38. The van der Waals surface area contributed by atoms with E-state index in [9.17, 15) is 13.6 Å². The number of benzene rings is 2. The predicted octanol–water partition coefficient (Wildman–Crippen LogP) is 4.21. The van der Waals surface area contributed by atoms with Gasteiger partial charge in [0.15, 0.2) is 0 Å². The molecule has 0 aliphatic carbocycles. The second-order valence-corrected chi connectivity index (χ2v) is 5.21. The van der Waals surface area contributed by atoms with Crippen LogP contribution in [0.5, 0.6) is 0 Å². The maximum Gasteiger partial charge on any atom is 0.261 e. The van der Waals surface area contributed by atoms with E-state index in [-0.39, 0.29) is 12.1 Å². The van der Waals surface area contributed by atoms with Gasteiger partial charge in [-0.3, -0.25) is 9.78 Å². The van der Waals surface area contributed by atoms with Gasteiger partial charge < -0.3 is 4.90 Å². The van der Waals surface area contributed by atoms with Crippen LogP contribution in [0.2, 0.25) is 0 Å². The minimum absolute atomic E-state index is 0.0642. The lowest BCUT2D eigenvalue weighted by molar-refractivity contribution is 0.0981. The summed E-state index contributed by atoms with van der Waals surface area (Å²) in [4.78, 5) is 18.2. The number of rotatable bonds is 4. The molecule has 0 spiro atoms. The summed E-state index contributed by atoms with van der Waals surface area (Å²) >= 11 is 0. The zero-order valence-corrected chi connectivity index (χ0v) is 12.7. The van der Waals surface area contributed by atoms with Crippen molar-refractivity contribution in [3.05, 3.63) is 95.8 Å². The standard InChI is InChI=1S/C19H14F2N2O/c20-15-6-3-7-16(11-15)23(13-14-5-4-10-22-12-14)19(24)17-8-1-2-9-18(17)21/h1-12H,13H2. The number of aromatic nitrogens is 1. The molecule has 24 heavy (non-hydrogen) atoms. The fourth-order valence-corrected chi connectivity index (χ4v) is 2.38. The summed E-state index contributed by atoms with van der Waals surface area (Å²) in [6.45, 7) is 0.157. The molecule has 0 radical (unpaired) electrons. The van der Waals surface area contributed by atoms with Crippen LogP contribution in [-0.4, -0.2) is 10.9 Å². The quantitative estimate of drug-likeness (QED) is 0.720. The highest BCUT2D eigenvalue weighted by Gasteiger charge is 2.21. The van der Waals surface area contributed by atoms with Gasteiger partial charge in [-0.05, 0) is 42.0 Å². The van der Waals surface area contributed by atoms with Gasteiger partial charge in [0.1, 0.15) is 11.6 Å². The van der Waals surface area contributed by atoms with Crippen LogP contribution in [0, 0.1) is 11.6 Å². The zero-order chi connectivity index (χ0) is 16.9. The Bertz CT molecular complexity index is 853. The molecular weight excluding hydrogens is 310 g/mol. The van der Waals surface area contributed by atoms with Crippen molar-refractivity contribution in [2.45, 2.75) is 6.54 Å². The summed E-state index contributed by atoms with van der Waals surface area (Å²) < 4.78 is 27.6. The molecule has 2 aromatic carbocycles. The van der Waals surface area contributed by atoms with Gasteiger partial charge in [0.25, 0.3) is 5.91 Å². The summed E-state index contributed by atoms with van der Waals surface area (Å²) in [5.74, 6) is -1.62. The van der Waals surface area contributed by atoms with E-state index in [1.54, 1.807) is 36.7 Å². The van der Waals surface area contributed by atoms with Crippen molar-refractivity contribution in [1.29, 1.82) is 0 Å². The first kappa shape index (κ1) is 15.8. The van der Waals surface area contributed by atoms with Crippen molar-refractivity contribution in [3.8, 4) is 0 Å². The molecule has 3 aromatic rings. The van der Waals surface area contributed by atoms with Crippen LogP contribution in [0.15, 0.2) is 73.1 Å². The van der Waals surface area contributed by atoms with E-state index in [1.165, 1.54) is 41.3 Å². The van der Waals surface area contributed by atoms with E-state index >= 15 is 0 Å². The van der Waals surface area contributed by atoms with Crippen LogP contribution in [0.1, 0.15) is 15.9 Å². The topological polar surface area (TPSA) is 33.2 Å². The smallest absolute Gasteiger partial charge is 0.261 e. The number of carbonyl (C=O) groups excluding carboxylic acids is 1. The molecule has 1 heterocycles. The molecule has 0 atom stereocenters. The Morgan fingerprint density at radius 1 is 1.00 bits per heavy atom. The van der Waals surface area contributed by atoms with E-state index in [1.807, 2.05) is 0 Å². The van der Waals surface area contributed by atoms with Crippen LogP contribution < -0.4 is 4.90 Å². The summed E-state index contributed by atoms with van der Waals surface area (Å²) in [5, 5.41) is 0. The van der Waals surface area contributed by atoms with E-state index in [0.717, 1.165) is 5.56 Å². The third-order valence-corrected chi connectivity index (χ3v) is 3.53. The third-order valence-electron chi connectivity index (χ3n) is 3.53. The molecule has 0 unspecified atom stereocenters. The molecule has 0 bridgehead atoms. The first-order valence-electron chi connectivity index (χ1n) is 7.36. The number of hydrogen-bond acceptors (Lipinski definition) is 2. The minimum Gasteiger partial charge on any atom is -0.304 e. The highest BCUT2D eigenvalue weighted by atomic mass is 19.1. The number of pyridine rings is 1. The summed E-state index contributed by atoms with van der Waals surface area (Å²) in [6.07, 6.45) is 3.23. The van der Waals surface area contributed by atoms with Gasteiger partial charge in [0.05, 0.1) is 12.1 Å². The Labute approximate surface area is 138 Å². The van der Waals surface area contributed by atoms with Gasteiger partial charge in [0, 0.05) is 18.1 Å². The largest absolute Gasteiger partial charge is 0.304 e. The van der Waals surface area contributed by atoms with Crippen LogP contribution in [0.25, 0.3) is 0 Å². The van der Waals surface area contributed by atoms with E-state index < -0.39 is 17.5 Å². The maximum absolute atomic E-state index is 14.0. The molecule has 0 fully saturated rings. The molecule has 3 nitrogen and oxygen atoms in total. The van der Waals surface area contributed by atoms with Crippen molar-refractivity contribution in [2.75, 3.05) is 4.90 Å². The number of halogens is 2. The zero-order valence-electron chi connectivity index (χ0n) is 12.7. The van der Waals surface area contributed by atoms with Crippen molar-refractivity contribution in [1.82, 2.24) is 4.98 Å². The molecule has 1 aromatic heterocycles. The van der Waals surface area contributed by atoms with Crippen LogP contribution in [-0.2, 0) is 6.54 Å². The third kappa shape index (κ3) is 3.46. The van der Waals surface area contributed by atoms with E-state index in [4.69, 9.17) is 0 Å². The first-order chi connectivity index (χ1) is 11.6. The van der Waals surface area contributed by atoms with Gasteiger partial charge >= 0.3 is 0 Å². The molecular formula is C19H14F2N2O. The Kier molecular flexibility index (Phi) is 4.61. The lowest BCUT2D eigenvalue weighted by Crippen LogP contribution is -2.31. The SMILES string of the molecule is O=C(c1ccccc1F)N(Cc1cccnc1)c1cccc(F)c1. The van der Waals surface area contributed by atoms with Crippen molar-refractivity contribution in [2.24, 2.45) is 0 Å². The van der Waals surface area contributed by atoms with Gasteiger partial charge in [-0.15, -0.1) is 0 Å². The number of nitrogens with zero attached hydrogens (tertiary/aromatic N) is 2. The molecule has 3 rings (SSSR count). The Morgan fingerprint density at radius 2 is 1.83 bits per heavy atom. The van der Waals surface area contributed by atoms with Crippen LogP contribution >= 0.6 is 0 Å². The molecule has 0 saturated heterocycles. The predicted molar refractivity (Wildman–Crippen MR) is 87.6 cm³/mol. The highest BCUT2D eigenvalue weighted by molar-refractivity contribution is 6.06. The molecule has 5 heteroatoms. The summed E-state index contributed by atoms with van der Waals surface area (Å²) in [5.41, 5.74) is 1.05. The number of anilines is 1. The molecule has 0 aliphatic heterocycles. The minimum atomic E-state index is -0.616. The highest BCUT2D eigenvalue weighted by Crippen LogP contribution is 2.22. The Morgan fingerprint density at radius 3 is 2.54 bits per heavy atom. The van der Waals surface area contributed by atoms with Crippen LogP contribution in [0.4, 0.5) is 14.5 Å². The molecule has 0 saturated carbocycles. The summed E-state index contributed by atoms with van der Waals surface area (Å²) in [6, 6.07) is 14.9. The lowest BCUT2D eigenvalue weighted by Gasteiger charge is -2.23. The monoisotopic (exact) mass is 324 g/mol. The Hall–Kier alpha value is -3.08. The molecule has 120 valence electrons. The second kappa shape index (κ2) is 7.00. The summed E-state index contributed by atoms with van der Waals surface area (Å²) in [7, 11) is 0. The molecule has 1 amide bonds. The van der Waals surface area contributed by atoms with Crippen molar-refractivity contribution < 1.29 is 13.6 Å².